The third-order valence-corrected chi connectivity index (χ3v) is 2.89. The Morgan fingerprint density at radius 2 is 2.32 bits per heavy atom. The van der Waals surface area contributed by atoms with Gasteiger partial charge in [0.25, 0.3) is 5.91 Å². The zero-order valence-corrected chi connectivity index (χ0v) is 11.8. The van der Waals surface area contributed by atoms with Gasteiger partial charge in [-0.2, -0.15) is 5.10 Å². The first-order chi connectivity index (χ1) is 9.20. The molecule has 1 amide bonds. The van der Waals surface area contributed by atoms with Gasteiger partial charge in [-0.05, 0) is 30.3 Å². The van der Waals surface area contributed by atoms with Crippen LogP contribution in [0.25, 0.3) is 0 Å². The van der Waals surface area contributed by atoms with Crippen molar-refractivity contribution in [3.63, 3.8) is 0 Å². The number of carbonyl (C=O) groups is 1. The van der Waals surface area contributed by atoms with Crippen LogP contribution in [0.2, 0.25) is 0 Å². The van der Waals surface area contributed by atoms with E-state index < -0.39 is 0 Å². The molecule has 0 atom stereocenters. The molecule has 5 nitrogen and oxygen atoms in total. The second kappa shape index (κ2) is 6.19. The first-order valence-electron chi connectivity index (χ1n) is 5.51. The quantitative estimate of drug-likeness (QED) is 0.671. The fraction of sp³-hybridized carbons (Fsp3) is 0.0769. The smallest absolute Gasteiger partial charge is 0.275 e. The molecule has 0 radical (unpaired) electrons. The lowest BCUT2D eigenvalue weighted by molar-refractivity contribution is 0.0952. The van der Waals surface area contributed by atoms with Crippen LogP contribution in [-0.2, 0) is 0 Å². The number of benzene rings is 1. The standard InChI is InChI=1S/C13H12BrN3O2/c1-19-12-5-4-9(14)7-11(12)13(18)17-16-8-10-3-2-6-15-10/h2-8,15H,1H3,(H,17,18)/b16-8-. The maximum absolute atomic E-state index is 12.0. The van der Waals surface area contributed by atoms with Crippen molar-refractivity contribution in [3.8, 4) is 5.75 Å². The molecular weight excluding hydrogens is 310 g/mol. The van der Waals surface area contributed by atoms with E-state index in [1.165, 1.54) is 13.3 Å². The Morgan fingerprint density at radius 1 is 1.47 bits per heavy atom. The molecule has 1 aromatic carbocycles. The van der Waals surface area contributed by atoms with Gasteiger partial charge in [0.1, 0.15) is 5.75 Å². The number of H-pyrrole nitrogens is 1. The zero-order chi connectivity index (χ0) is 13.7. The van der Waals surface area contributed by atoms with Crippen LogP contribution < -0.4 is 10.2 Å². The van der Waals surface area contributed by atoms with Gasteiger partial charge in [-0.15, -0.1) is 0 Å². The van der Waals surface area contributed by atoms with Crippen LogP contribution in [0.3, 0.4) is 0 Å². The molecule has 98 valence electrons. The largest absolute Gasteiger partial charge is 0.496 e. The molecule has 0 spiro atoms. The van der Waals surface area contributed by atoms with Crippen LogP contribution >= 0.6 is 15.9 Å². The highest BCUT2D eigenvalue weighted by Crippen LogP contribution is 2.22. The first-order valence-corrected chi connectivity index (χ1v) is 6.30. The van der Waals surface area contributed by atoms with Crippen molar-refractivity contribution in [2.24, 2.45) is 5.10 Å². The number of hydrogen-bond acceptors (Lipinski definition) is 3. The highest BCUT2D eigenvalue weighted by atomic mass is 79.9. The molecule has 1 aromatic heterocycles. The summed E-state index contributed by atoms with van der Waals surface area (Å²) in [5, 5.41) is 3.87. The minimum absolute atomic E-state index is 0.332. The Balaban J connectivity index is 2.09. The third-order valence-electron chi connectivity index (χ3n) is 2.40. The summed E-state index contributed by atoms with van der Waals surface area (Å²) >= 11 is 3.31. The summed E-state index contributed by atoms with van der Waals surface area (Å²) in [6, 6.07) is 8.89. The Morgan fingerprint density at radius 3 is 3.00 bits per heavy atom. The van der Waals surface area contributed by atoms with Gasteiger partial charge in [0, 0.05) is 10.7 Å². The molecule has 0 saturated heterocycles. The number of hydrazone groups is 1. The van der Waals surface area contributed by atoms with Crippen molar-refractivity contribution in [1.82, 2.24) is 10.4 Å². The third kappa shape index (κ3) is 3.45. The molecule has 0 aliphatic carbocycles. The number of rotatable bonds is 4. The second-order valence-electron chi connectivity index (χ2n) is 3.67. The van der Waals surface area contributed by atoms with E-state index >= 15 is 0 Å². The van der Waals surface area contributed by atoms with Crippen LogP contribution in [-0.4, -0.2) is 24.2 Å². The molecule has 0 aliphatic rings. The number of nitrogens with zero attached hydrogens (tertiary/aromatic N) is 1. The van der Waals surface area contributed by atoms with Crippen molar-refractivity contribution in [1.29, 1.82) is 0 Å². The van der Waals surface area contributed by atoms with Crippen molar-refractivity contribution >= 4 is 28.1 Å². The van der Waals surface area contributed by atoms with Crippen LogP contribution in [0.15, 0.2) is 46.1 Å². The van der Waals surface area contributed by atoms with E-state index in [0.29, 0.717) is 11.3 Å². The summed E-state index contributed by atoms with van der Waals surface area (Å²) in [5.41, 5.74) is 3.67. The Hall–Kier alpha value is -2.08. The Bertz CT molecular complexity index is 594. The van der Waals surface area contributed by atoms with E-state index in [1.54, 1.807) is 24.4 Å². The maximum Gasteiger partial charge on any atom is 0.275 e. The molecule has 19 heavy (non-hydrogen) atoms. The predicted octanol–water partition coefficient (Wildman–Crippen LogP) is 2.55. The molecular formula is C13H12BrN3O2. The molecule has 0 bridgehead atoms. The number of aromatic nitrogens is 1. The van der Waals surface area contributed by atoms with Crippen molar-refractivity contribution in [2.45, 2.75) is 0 Å². The lowest BCUT2D eigenvalue weighted by atomic mass is 10.2. The number of amides is 1. The Kier molecular flexibility index (Phi) is 4.35. The van der Waals surface area contributed by atoms with Gasteiger partial charge >= 0.3 is 0 Å². The van der Waals surface area contributed by atoms with Crippen LogP contribution in [0.4, 0.5) is 0 Å². The number of carbonyl (C=O) groups excluding carboxylic acids is 1. The van der Waals surface area contributed by atoms with Gasteiger partial charge in [0.05, 0.1) is 24.6 Å². The predicted molar refractivity (Wildman–Crippen MR) is 76.5 cm³/mol. The number of aromatic amines is 1. The summed E-state index contributed by atoms with van der Waals surface area (Å²) in [5.74, 6) is 0.164. The van der Waals surface area contributed by atoms with Gasteiger partial charge in [0.2, 0.25) is 0 Å². The molecule has 0 unspecified atom stereocenters. The highest BCUT2D eigenvalue weighted by Gasteiger charge is 2.11. The lowest BCUT2D eigenvalue weighted by Gasteiger charge is -2.07. The highest BCUT2D eigenvalue weighted by molar-refractivity contribution is 9.10. The van der Waals surface area contributed by atoms with Gasteiger partial charge in [0.15, 0.2) is 0 Å². The molecule has 2 rings (SSSR count). The summed E-state index contributed by atoms with van der Waals surface area (Å²) in [7, 11) is 1.52. The van der Waals surface area contributed by atoms with E-state index in [2.05, 4.69) is 31.4 Å². The average molecular weight is 322 g/mol. The fourth-order valence-corrected chi connectivity index (χ4v) is 1.86. The number of nitrogens with one attached hydrogen (secondary N) is 2. The number of methoxy groups -OCH3 is 1. The van der Waals surface area contributed by atoms with Gasteiger partial charge < -0.3 is 9.72 Å². The molecule has 6 heteroatoms. The molecule has 0 saturated carbocycles. The minimum Gasteiger partial charge on any atom is -0.496 e. The maximum atomic E-state index is 12.0. The van der Waals surface area contributed by atoms with Crippen LogP contribution in [0.1, 0.15) is 16.1 Å². The van der Waals surface area contributed by atoms with Crippen LogP contribution in [0.5, 0.6) is 5.75 Å². The molecule has 2 N–H and O–H groups in total. The monoisotopic (exact) mass is 321 g/mol. The average Bonchev–Trinajstić information content (AvgIpc) is 2.91. The second-order valence-corrected chi connectivity index (χ2v) is 4.58. The Labute approximate surface area is 118 Å². The van der Waals surface area contributed by atoms with Gasteiger partial charge in [-0.3, -0.25) is 4.79 Å². The topological polar surface area (TPSA) is 66.5 Å². The van der Waals surface area contributed by atoms with Crippen LogP contribution in [0, 0.1) is 0 Å². The minimum atomic E-state index is -0.332. The van der Waals surface area contributed by atoms with E-state index in [9.17, 15) is 4.79 Å². The summed E-state index contributed by atoms with van der Waals surface area (Å²) in [6.07, 6.45) is 3.31. The number of ether oxygens (including phenoxy) is 1. The van der Waals surface area contributed by atoms with E-state index in [1.807, 2.05) is 12.1 Å². The zero-order valence-electron chi connectivity index (χ0n) is 10.2. The van der Waals surface area contributed by atoms with E-state index in [-0.39, 0.29) is 5.91 Å². The summed E-state index contributed by atoms with van der Waals surface area (Å²) in [4.78, 5) is 14.9. The summed E-state index contributed by atoms with van der Waals surface area (Å²) in [6.45, 7) is 0. The fourth-order valence-electron chi connectivity index (χ4n) is 1.50. The first kappa shape index (κ1) is 13.4. The van der Waals surface area contributed by atoms with Crippen molar-refractivity contribution < 1.29 is 9.53 Å². The molecule has 1 heterocycles. The van der Waals surface area contributed by atoms with E-state index in [4.69, 9.17) is 4.74 Å². The summed E-state index contributed by atoms with van der Waals surface area (Å²) < 4.78 is 5.93. The van der Waals surface area contributed by atoms with Crippen molar-refractivity contribution in [2.75, 3.05) is 7.11 Å². The van der Waals surface area contributed by atoms with Gasteiger partial charge in [-0.25, -0.2) is 5.43 Å². The van der Waals surface area contributed by atoms with Gasteiger partial charge in [-0.1, -0.05) is 15.9 Å². The molecule has 0 aliphatic heterocycles. The SMILES string of the molecule is COc1ccc(Br)cc1C(=O)N/N=C\c1ccc[nH]1. The molecule has 2 aromatic rings. The normalized spacial score (nSPS) is 10.6. The van der Waals surface area contributed by atoms with Crippen molar-refractivity contribution in [3.05, 3.63) is 52.3 Å². The van der Waals surface area contributed by atoms with E-state index in [0.717, 1.165) is 10.2 Å². The number of halogens is 1. The molecule has 0 fully saturated rings. The number of hydrogen-bond donors (Lipinski definition) is 2. The lowest BCUT2D eigenvalue weighted by Crippen LogP contribution is -2.18.